The number of para-hydroxylation sites is 2. The van der Waals surface area contributed by atoms with Crippen molar-refractivity contribution in [2.24, 2.45) is 11.3 Å². The molecule has 1 amide bonds. The molecule has 202 valence electrons. The van der Waals surface area contributed by atoms with Crippen molar-refractivity contribution in [1.29, 1.82) is 0 Å². The van der Waals surface area contributed by atoms with Gasteiger partial charge in [-0.25, -0.2) is 0 Å². The largest absolute Gasteiger partial charge is 0.357 e. The van der Waals surface area contributed by atoms with Crippen LogP contribution in [-0.4, -0.2) is 36.2 Å². The van der Waals surface area contributed by atoms with Crippen LogP contribution in [0.2, 0.25) is 0 Å². The molecule has 39 heavy (non-hydrogen) atoms. The highest BCUT2D eigenvalue weighted by atomic mass is 32.1. The van der Waals surface area contributed by atoms with E-state index in [9.17, 15) is 9.59 Å². The third-order valence-corrected chi connectivity index (χ3v) is 9.38. The molecule has 3 heterocycles. The second kappa shape index (κ2) is 10.6. The van der Waals surface area contributed by atoms with Crippen molar-refractivity contribution in [3.8, 4) is 0 Å². The predicted octanol–water partition coefficient (Wildman–Crippen LogP) is 6.85. The first-order valence-corrected chi connectivity index (χ1v) is 15.0. The number of fused-ring (bicyclic) bond motifs is 1. The highest BCUT2D eigenvalue weighted by Gasteiger charge is 2.42. The van der Waals surface area contributed by atoms with E-state index in [1.807, 2.05) is 23.1 Å². The summed E-state index contributed by atoms with van der Waals surface area (Å²) < 4.78 is 0. The number of hydrogen-bond acceptors (Lipinski definition) is 5. The van der Waals surface area contributed by atoms with Gasteiger partial charge in [0, 0.05) is 35.7 Å². The number of carbonyl (C=O) groups is 2. The van der Waals surface area contributed by atoms with E-state index in [2.05, 4.69) is 78.0 Å². The second-order valence-corrected chi connectivity index (χ2v) is 13.0. The summed E-state index contributed by atoms with van der Waals surface area (Å²) in [5.41, 5.74) is 5.03. The van der Waals surface area contributed by atoms with Crippen molar-refractivity contribution in [3.05, 3.63) is 93.8 Å². The minimum absolute atomic E-state index is 0.104. The highest BCUT2D eigenvalue weighted by molar-refractivity contribution is 7.10. The lowest BCUT2D eigenvalue weighted by Gasteiger charge is -2.39. The van der Waals surface area contributed by atoms with Gasteiger partial charge in [-0.2, -0.15) is 0 Å². The molecule has 1 atom stereocenters. The first-order chi connectivity index (χ1) is 18.9. The molecular formula is C33H37N3O2S. The molecule has 3 aliphatic rings. The van der Waals surface area contributed by atoms with Crippen LogP contribution in [0.4, 0.5) is 11.4 Å². The number of Topliss-reactive ketones (excluding diaryl/α,β-unsaturated/α-hetero) is 1. The molecule has 1 N–H and O–H groups in total. The van der Waals surface area contributed by atoms with E-state index in [4.69, 9.17) is 0 Å². The van der Waals surface area contributed by atoms with Gasteiger partial charge in [0.1, 0.15) is 0 Å². The number of piperidine rings is 1. The van der Waals surface area contributed by atoms with Crippen LogP contribution < -0.4 is 10.2 Å². The van der Waals surface area contributed by atoms with Gasteiger partial charge in [-0.3, -0.25) is 9.59 Å². The molecule has 0 radical (unpaired) electrons. The Morgan fingerprint density at radius 3 is 2.46 bits per heavy atom. The minimum atomic E-state index is -0.278. The summed E-state index contributed by atoms with van der Waals surface area (Å²) in [6.45, 7) is 6.15. The van der Waals surface area contributed by atoms with Crippen LogP contribution >= 0.6 is 11.3 Å². The molecule has 0 bridgehead atoms. The Morgan fingerprint density at radius 2 is 1.72 bits per heavy atom. The maximum atomic E-state index is 13.9. The summed E-state index contributed by atoms with van der Waals surface area (Å²) in [6.07, 6.45) is 4.44. The average Bonchev–Trinajstić information content (AvgIpc) is 3.41. The Balaban J connectivity index is 1.28. The number of amides is 1. The van der Waals surface area contributed by atoms with Gasteiger partial charge in [-0.1, -0.05) is 62.4 Å². The maximum absolute atomic E-state index is 13.9. The number of thiophene rings is 1. The number of nitrogens with one attached hydrogen (secondary N) is 1. The molecule has 2 aliphatic heterocycles. The molecule has 6 heteroatoms. The Hall–Kier alpha value is -3.38. The van der Waals surface area contributed by atoms with Gasteiger partial charge in [0.25, 0.3) is 0 Å². The van der Waals surface area contributed by atoms with Gasteiger partial charge in [0.2, 0.25) is 5.91 Å². The van der Waals surface area contributed by atoms with Gasteiger partial charge < -0.3 is 15.1 Å². The zero-order valence-corrected chi connectivity index (χ0v) is 23.7. The summed E-state index contributed by atoms with van der Waals surface area (Å²) in [5.74, 6) is 0.922. The number of benzene rings is 2. The first kappa shape index (κ1) is 25.9. The number of anilines is 2. The van der Waals surface area contributed by atoms with Crippen molar-refractivity contribution in [3.63, 3.8) is 0 Å². The lowest BCUT2D eigenvalue weighted by molar-refractivity contribution is -0.131. The number of allylic oxidation sites excluding steroid dienone is 1. The molecule has 5 nitrogen and oxygen atoms in total. The normalized spacial score (nSPS) is 21.2. The Labute approximate surface area is 235 Å². The number of likely N-dealkylation sites (tertiary alicyclic amines) is 1. The average molecular weight is 540 g/mol. The molecule has 1 aromatic heterocycles. The van der Waals surface area contributed by atoms with E-state index in [1.165, 1.54) is 5.56 Å². The van der Waals surface area contributed by atoms with Crippen molar-refractivity contribution >= 4 is 34.4 Å². The van der Waals surface area contributed by atoms with E-state index in [-0.39, 0.29) is 29.7 Å². The van der Waals surface area contributed by atoms with Crippen LogP contribution in [0.15, 0.2) is 83.4 Å². The molecule has 0 spiro atoms. The molecular weight excluding hydrogens is 502 g/mol. The Kier molecular flexibility index (Phi) is 7.06. The van der Waals surface area contributed by atoms with Crippen molar-refractivity contribution in [2.45, 2.75) is 52.0 Å². The Bertz CT molecular complexity index is 1370. The number of carbonyl (C=O) groups excluding carboxylic acids is 2. The van der Waals surface area contributed by atoms with E-state index in [0.717, 1.165) is 66.3 Å². The zero-order chi connectivity index (χ0) is 27.0. The van der Waals surface area contributed by atoms with Crippen molar-refractivity contribution in [1.82, 2.24) is 4.90 Å². The van der Waals surface area contributed by atoms with Crippen LogP contribution in [-0.2, 0) is 16.0 Å². The number of nitrogens with zero attached hydrogens (tertiary/aromatic N) is 2. The van der Waals surface area contributed by atoms with Gasteiger partial charge in [-0.15, -0.1) is 11.3 Å². The van der Waals surface area contributed by atoms with Crippen molar-refractivity contribution in [2.75, 3.05) is 29.9 Å². The summed E-state index contributed by atoms with van der Waals surface area (Å²) >= 11 is 1.66. The summed E-state index contributed by atoms with van der Waals surface area (Å²) in [4.78, 5) is 33.0. The second-order valence-electron chi connectivity index (χ2n) is 12.0. The fraction of sp³-hybridized carbons (Fsp3) is 0.394. The van der Waals surface area contributed by atoms with E-state index < -0.39 is 0 Å². The smallest absolute Gasteiger partial charge is 0.242 e. The fourth-order valence-electron chi connectivity index (χ4n) is 6.55. The lowest BCUT2D eigenvalue weighted by atomic mass is 9.74. The van der Waals surface area contributed by atoms with Crippen LogP contribution in [0.5, 0.6) is 0 Å². The molecule has 0 saturated carbocycles. The highest BCUT2D eigenvalue weighted by Crippen LogP contribution is 2.48. The standard InChI is InChI=1S/C33H37N3O2S/c1-33(2)20-26-31(28(37)21-33)32(29-13-8-18-39-29)36(27-12-7-6-11-25(27)34-26)22-30(38)35-16-14-24(15-17-35)19-23-9-4-3-5-10-23/h3-13,18,24,32,34H,14-17,19-22H2,1-2H3. The zero-order valence-electron chi connectivity index (χ0n) is 22.9. The molecule has 1 unspecified atom stereocenters. The third kappa shape index (κ3) is 5.40. The monoisotopic (exact) mass is 539 g/mol. The summed E-state index contributed by atoms with van der Waals surface area (Å²) in [7, 11) is 0. The number of ketones is 1. The van der Waals surface area contributed by atoms with Gasteiger partial charge in [-0.05, 0) is 66.2 Å². The van der Waals surface area contributed by atoms with Gasteiger partial charge in [0.05, 0.1) is 24.0 Å². The van der Waals surface area contributed by atoms with E-state index in [1.54, 1.807) is 11.3 Å². The van der Waals surface area contributed by atoms with Crippen LogP contribution in [0, 0.1) is 11.3 Å². The fourth-order valence-corrected chi connectivity index (χ4v) is 7.39. The quantitative estimate of drug-likeness (QED) is 0.385. The van der Waals surface area contributed by atoms with E-state index >= 15 is 0 Å². The first-order valence-electron chi connectivity index (χ1n) is 14.1. The van der Waals surface area contributed by atoms with E-state index in [0.29, 0.717) is 12.3 Å². The molecule has 6 rings (SSSR count). The minimum Gasteiger partial charge on any atom is -0.357 e. The lowest BCUT2D eigenvalue weighted by Crippen LogP contribution is -2.46. The molecule has 3 aromatic rings. The molecule has 2 aromatic carbocycles. The SMILES string of the molecule is CC1(C)CC(=O)C2=C(C1)Nc1ccccc1N(CC(=O)N1CCC(Cc3ccccc3)CC1)C2c1cccs1. The molecule has 1 saturated heterocycles. The Morgan fingerprint density at radius 1 is 0.974 bits per heavy atom. The van der Waals surface area contributed by atoms with Crippen molar-refractivity contribution < 1.29 is 9.59 Å². The summed E-state index contributed by atoms with van der Waals surface area (Å²) in [6, 6.07) is 22.7. The van der Waals surface area contributed by atoms with Gasteiger partial charge in [0.15, 0.2) is 5.78 Å². The number of hydrogen-bond donors (Lipinski definition) is 1. The molecule has 1 aliphatic carbocycles. The predicted molar refractivity (Wildman–Crippen MR) is 159 cm³/mol. The van der Waals surface area contributed by atoms with Gasteiger partial charge >= 0.3 is 0 Å². The maximum Gasteiger partial charge on any atom is 0.242 e. The van der Waals surface area contributed by atoms with Crippen LogP contribution in [0.3, 0.4) is 0 Å². The van der Waals surface area contributed by atoms with Crippen LogP contribution in [0.1, 0.15) is 56.0 Å². The third-order valence-electron chi connectivity index (χ3n) is 8.46. The summed E-state index contributed by atoms with van der Waals surface area (Å²) in [5, 5.41) is 5.71. The topological polar surface area (TPSA) is 52.7 Å². The van der Waals surface area contributed by atoms with Crippen LogP contribution in [0.25, 0.3) is 0 Å². The molecule has 1 fully saturated rings. The number of rotatable bonds is 5.